The summed E-state index contributed by atoms with van der Waals surface area (Å²) in [7, 11) is 2.13. The van der Waals surface area contributed by atoms with Crippen molar-refractivity contribution in [3.05, 3.63) is 48.0 Å². The standard InChI is InChI=1S/C19H20N2OS/c1-20-17-5-3-2-4-15(17)16-7-6-14(12-18(16)20)13-19(23)21-8-10-22-11-9-21/h2-7,12H,8-11,13H2,1H3. The number of hydrogen-bond acceptors (Lipinski definition) is 2. The minimum Gasteiger partial charge on any atom is -0.378 e. The molecular weight excluding hydrogens is 304 g/mol. The van der Waals surface area contributed by atoms with Crippen LogP contribution in [-0.4, -0.2) is 40.8 Å². The van der Waals surface area contributed by atoms with Crippen molar-refractivity contribution < 1.29 is 4.74 Å². The van der Waals surface area contributed by atoms with Gasteiger partial charge in [0.1, 0.15) is 0 Å². The summed E-state index contributed by atoms with van der Waals surface area (Å²) < 4.78 is 7.67. The number of rotatable bonds is 2. The van der Waals surface area contributed by atoms with Gasteiger partial charge in [-0.1, -0.05) is 42.5 Å². The molecule has 0 bridgehead atoms. The van der Waals surface area contributed by atoms with Crippen molar-refractivity contribution in [3.63, 3.8) is 0 Å². The summed E-state index contributed by atoms with van der Waals surface area (Å²) in [5.41, 5.74) is 3.82. The number of thiocarbonyl (C=S) groups is 1. The maximum Gasteiger partial charge on any atom is 0.0825 e. The minimum atomic E-state index is 0.780. The first-order valence-corrected chi connectivity index (χ1v) is 8.46. The topological polar surface area (TPSA) is 17.4 Å². The number of morpholine rings is 1. The maximum absolute atomic E-state index is 5.64. The maximum atomic E-state index is 5.64. The summed E-state index contributed by atoms with van der Waals surface area (Å²) >= 11 is 5.64. The molecule has 0 amide bonds. The fourth-order valence-corrected chi connectivity index (χ4v) is 3.76. The van der Waals surface area contributed by atoms with Gasteiger partial charge in [0, 0.05) is 48.4 Å². The third-order valence-corrected chi connectivity index (χ3v) is 5.10. The summed E-state index contributed by atoms with van der Waals surface area (Å²) in [6, 6.07) is 15.3. The number of aryl methyl sites for hydroxylation is 1. The van der Waals surface area contributed by atoms with Gasteiger partial charge in [0.05, 0.1) is 18.2 Å². The lowest BCUT2D eigenvalue weighted by Gasteiger charge is -2.29. The van der Waals surface area contributed by atoms with Crippen LogP contribution in [0.3, 0.4) is 0 Å². The smallest absolute Gasteiger partial charge is 0.0825 e. The second-order valence-electron chi connectivity index (χ2n) is 6.10. The highest BCUT2D eigenvalue weighted by atomic mass is 32.1. The van der Waals surface area contributed by atoms with E-state index >= 15 is 0 Å². The van der Waals surface area contributed by atoms with Crippen molar-refractivity contribution in [2.24, 2.45) is 7.05 Å². The van der Waals surface area contributed by atoms with Gasteiger partial charge in [0.2, 0.25) is 0 Å². The van der Waals surface area contributed by atoms with E-state index < -0.39 is 0 Å². The van der Waals surface area contributed by atoms with E-state index in [1.54, 1.807) is 0 Å². The van der Waals surface area contributed by atoms with E-state index in [-0.39, 0.29) is 0 Å². The first kappa shape index (κ1) is 14.7. The minimum absolute atomic E-state index is 0.780. The Morgan fingerprint density at radius 2 is 1.78 bits per heavy atom. The van der Waals surface area contributed by atoms with Crippen molar-refractivity contribution in [1.29, 1.82) is 0 Å². The van der Waals surface area contributed by atoms with Gasteiger partial charge in [0.15, 0.2) is 0 Å². The fourth-order valence-electron chi connectivity index (χ4n) is 3.42. The van der Waals surface area contributed by atoms with Crippen molar-refractivity contribution >= 4 is 39.0 Å². The molecule has 3 aromatic rings. The predicted octanol–water partition coefficient (Wildman–Crippen LogP) is 3.53. The van der Waals surface area contributed by atoms with Gasteiger partial charge in [0.25, 0.3) is 0 Å². The lowest BCUT2D eigenvalue weighted by molar-refractivity contribution is 0.0685. The first-order chi connectivity index (χ1) is 11.2. The van der Waals surface area contributed by atoms with E-state index in [9.17, 15) is 0 Å². The molecule has 1 aromatic heterocycles. The third-order valence-electron chi connectivity index (χ3n) is 4.70. The number of fused-ring (bicyclic) bond motifs is 3. The van der Waals surface area contributed by atoms with Crippen LogP contribution in [0.4, 0.5) is 0 Å². The van der Waals surface area contributed by atoms with Crippen LogP contribution in [0.2, 0.25) is 0 Å². The molecule has 0 unspecified atom stereocenters. The fraction of sp³-hybridized carbons (Fsp3) is 0.316. The normalized spacial score (nSPS) is 15.4. The zero-order valence-electron chi connectivity index (χ0n) is 13.3. The number of ether oxygens (including phenoxy) is 1. The molecule has 1 fully saturated rings. The van der Waals surface area contributed by atoms with Crippen LogP contribution in [-0.2, 0) is 18.2 Å². The molecule has 0 aliphatic carbocycles. The first-order valence-electron chi connectivity index (χ1n) is 8.05. The highest BCUT2D eigenvalue weighted by Crippen LogP contribution is 2.28. The molecule has 0 radical (unpaired) electrons. The zero-order valence-corrected chi connectivity index (χ0v) is 14.1. The second-order valence-corrected chi connectivity index (χ2v) is 6.57. The largest absolute Gasteiger partial charge is 0.378 e. The molecule has 0 N–H and O–H groups in total. The van der Waals surface area contributed by atoms with Crippen LogP contribution in [0.15, 0.2) is 42.5 Å². The molecule has 3 nitrogen and oxygen atoms in total. The van der Waals surface area contributed by atoms with Gasteiger partial charge < -0.3 is 14.2 Å². The van der Waals surface area contributed by atoms with Gasteiger partial charge in [-0.2, -0.15) is 0 Å². The van der Waals surface area contributed by atoms with E-state index in [1.807, 2.05) is 0 Å². The predicted molar refractivity (Wildman–Crippen MR) is 99.1 cm³/mol. The lowest BCUT2D eigenvalue weighted by atomic mass is 10.1. The highest BCUT2D eigenvalue weighted by molar-refractivity contribution is 7.80. The Kier molecular flexibility index (Phi) is 3.79. The third kappa shape index (κ3) is 2.62. The van der Waals surface area contributed by atoms with E-state index in [0.717, 1.165) is 37.7 Å². The number of nitrogens with zero attached hydrogens (tertiary/aromatic N) is 2. The van der Waals surface area contributed by atoms with Crippen molar-refractivity contribution in [2.75, 3.05) is 26.3 Å². The number of hydrogen-bond donors (Lipinski definition) is 0. The average Bonchev–Trinajstić information content (AvgIpc) is 2.89. The Labute approximate surface area is 141 Å². The van der Waals surface area contributed by atoms with Crippen LogP contribution in [0.25, 0.3) is 21.8 Å². The Balaban J connectivity index is 1.67. The van der Waals surface area contributed by atoms with Gasteiger partial charge >= 0.3 is 0 Å². The Morgan fingerprint density at radius 1 is 1.04 bits per heavy atom. The molecule has 0 saturated carbocycles. The molecule has 1 aliphatic heterocycles. The molecule has 2 aromatic carbocycles. The van der Waals surface area contributed by atoms with E-state index in [2.05, 4.69) is 59.0 Å². The van der Waals surface area contributed by atoms with E-state index in [4.69, 9.17) is 17.0 Å². The van der Waals surface area contributed by atoms with Crippen molar-refractivity contribution in [2.45, 2.75) is 6.42 Å². The van der Waals surface area contributed by atoms with E-state index in [0.29, 0.717) is 0 Å². The number of benzene rings is 2. The summed E-state index contributed by atoms with van der Waals surface area (Å²) in [5.74, 6) is 0. The molecule has 1 saturated heterocycles. The SMILES string of the molecule is Cn1c2ccccc2c2ccc(CC(=S)N3CCOCC3)cc21. The molecule has 118 valence electrons. The summed E-state index contributed by atoms with van der Waals surface area (Å²) in [6.07, 6.45) is 0.826. The van der Waals surface area contributed by atoms with Crippen molar-refractivity contribution in [1.82, 2.24) is 9.47 Å². The highest BCUT2D eigenvalue weighted by Gasteiger charge is 2.15. The summed E-state index contributed by atoms with van der Waals surface area (Å²) in [5, 5.41) is 2.62. The summed E-state index contributed by atoms with van der Waals surface area (Å²) in [4.78, 5) is 3.29. The lowest BCUT2D eigenvalue weighted by Crippen LogP contribution is -2.40. The Morgan fingerprint density at radius 3 is 2.61 bits per heavy atom. The Bertz CT molecular complexity index is 878. The molecular formula is C19H20N2OS. The van der Waals surface area contributed by atoms with Gasteiger partial charge in [-0.15, -0.1) is 0 Å². The molecule has 4 rings (SSSR count). The van der Waals surface area contributed by atoms with Crippen LogP contribution >= 0.6 is 12.2 Å². The molecule has 2 heterocycles. The van der Waals surface area contributed by atoms with Crippen molar-refractivity contribution in [3.8, 4) is 0 Å². The number of para-hydroxylation sites is 1. The quantitative estimate of drug-likeness (QED) is 0.672. The van der Waals surface area contributed by atoms with Crippen LogP contribution in [0.5, 0.6) is 0 Å². The Hall–Kier alpha value is -1.91. The molecule has 0 spiro atoms. The molecule has 1 aliphatic rings. The zero-order chi connectivity index (χ0) is 15.8. The van der Waals surface area contributed by atoms with Gasteiger partial charge in [-0.25, -0.2) is 0 Å². The molecule has 23 heavy (non-hydrogen) atoms. The van der Waals surface area contributed by atoms with Crippen LogP contribution in [0.1, 0.15) is 5.56 Å². The monoisotopic (exact) mass is 324 g/mol. The second kappa shape index (κ2) is 5.95. The van der Waals surface area contributed by atoms with E-state index in [1.165, 1.54) is 27.4 Å². The van der Waals surface area contributed by atoms with Gasteiger partial charge in [-0.05, 0) is 17.7 Å². The average molecular weight is 324 g/mol. The molecule has 4 heteroatoms. The van der Waals surface area contributed by atoms with Crippen LogP contribution < -0.4 is 0 Å². The van der Waals surface area contributed by atoms with Crippen LogP contribution in [0, 0.1) is 0 Å². The number of aromatic nitrogens is 1. The van der Waals surface area contributed by atoms with Gasteiger partial charge in [-0.3, -0.25) is 0 Å². The molecule has 0 atom stereocenters. The summed E-state index contributed by atoms with van der Waals surface area (Å²) in [6.45, 7) is 3.38.